The Kier molecular flexibility index (Phi) is 3.99. The van der Waals surface area contributed by atoms with E-state index in [1.807, 2.05) is 0 Å². The minimum Gasteiger partial charge on any atom is -0.477 e. The highest BCUT2D eigenvalue weighted by atomic mass is 16.4. The summed E-state index contributed by atoms with van der Waals surface area (Å²) in [4.78, 5) is 28.3. The molecule has 1 aromatic rings. The van der Waals surface area contributed by atoms with E-state index in [0.29, 0.717) is 0 Å². The number of carboxylic acid groups (broad SMARTS) is 1. The van der Waals surface area contributed by atoms with E-state index < -0.39 is 5.97 Å². The third-order valence-corrected chi connectivity index (χ3v) is 3.44. The van der Waals surface area contributed by atoms with Crippen LogP contribution in [0.1, 0.15) is 23.3 Å². The third kappa shape index (κ3) is 3.01. The zero-order chi connectivity index (χ0) is 13.8. The molecule has 0 saturated carbocycles. The molecule has 1 aliphatic rings. The highest BCUT2D eigenvalue weighted by molar-refractivity contribution is 5.85. The Labute approximate surface area is 111 Å². The summed E-state index contributed by atoms with van der Waals surface area (Å²) in [5, 5.41) is 11.5. The number of nitrogens with zero attached hydrogens (tertiary/aromatic N) is 2. The summed E-state index contributed by atoms with van der Waals surface area (Å²) in [5.41, 5.74) is 0.948. The lowest BCUT2D eigenvalue weighted by molar-refractivity contribution is -0.125. The first-order valence-electron chi connectivity index (χ1n) is 6.27. The summed E-state index contributed by atoms with van der Waals surface area (Å²) in [5.74, 6) is -0.851. The largest absolute Gasteiger partial charge is 0.477 e. The topological polar surface area (TPSA) is 82.5 Å². The van der Waals surface area contributed by atoms with Gasteiger partial charge in [-0.25, -0.2) is 9.78 Å². The molecule has 0 aliphatic carbocycles. The van der Waals surface area contributed by atoms with Crippen LogP contribution in [0.15, 0.2) is 18.3 Å². The van der Waals surface area contributed by atoms with Crippen LogP contribution in [0.2, 0.25) is 0 Å². The van der Waals surface area contributed by atoms with Gasteiger partial charge in [0.1, 0.15) is 5.69 Å². The van der Waals surface area contributed by atoms with Crippen molar-refractivity contribution >= 4 is 17.6 Å². The predicted octanol–water partition coefficient (Wildman–Crippen LogP) is 0.742. The lowest BCUT2D eigenvalue weighted by atomic mass is 9.96. The van der Waals surface area contributed by atoms with Crippen molar-refractivity contribution in [1.82, 2.24) is 10.3 Å². The van der Waals surface area contributed by atoms with E-state index in [1.54, 1.807) is 19.3 Å². The van der Waals surface area contributed by atoms with Gasteiger partial charge >= 0.3 is 5.97 Å². The van der Waals surface area contributed by atoms with Crippen molar-refractivity contribution < 1.29 is 14.7 Å². The molecule has 0 aromatic carbocycles. The van der Waals surface area contributed by atoms with Crippen LogP contribution < -0.4 is 10.2 Å². The number of piperidine rings is 1. The number of hydrogen-bond acceptors (Lipinski definition) is 4. The molecule has 0 radical (unpaired) electrons. The molecule has 2 rings (SSSR count). The molecule has 0 spiro atoms. The van der Waals surface area contributed by atoms with E-state index >= 15 is 0 Å². The van der Waals surface area contributed by atoms with E-state index in [4.69, 9.17) is 5.11 Å². The zero-order valence-corrected chi connectivity index (χ0v) is 10.8. The van der Waals surface area contributed by atoms with Crippen LogP contribution in [0.25, 0.3) is 0 Å². The van der Waals surface area contributed by atoms with Crippen molar-refractivity contribution in [3.63, 3.8) is 0 Å². The summed E-state index contributed by atoms with van der Waals surface area (Å²) in [6.07, 6.45) is 3.18. The number of aromatic carboxylic acids is 1. The van der Waals surface area contributed by atoms with Crippen molar-refractivity contribution in [3.05, 3.63) is 24.0 Å². The van der Waals surface area contributed by atoms with Gasteiger partial charge < -0.3 is 15.3 Å². The maximum Gasteiger partial charge on any atom is 0.354 e. The van der Waals surface area contributed by atoms with Crippen LogP contribution in [0.5, 0.6) is 0 Å². The van der Waals surface area contributed by atoms with E-state index in [1.165, 1.54) is 6.07 Å². The minimum absolute atomic E-state index is 0.0454. The quantitative estimate of drug-likeness (QED) is 0.840. The van der Waals surface area contributed by atoms with E-state index in [9.17, 15) is 9.59 Å². The maximum atomic E-state index is 11.5. The number of nitrogens with one attached hydrogen (secondary N) is 1. The van der Waals surface area contributed by atoms with Gasteiger partial charge in [-0.1, -0.05) is 0 Å². The molecular weight excluding hydrogens is 246 g/mol. The first kappa shape index (κ1) is 13.3. The van der Waals surface area contributed by atoms with Crippen molar-refractivity contribution in [1.29, 1.82) is 0 Å². The van der Waals surface area contributed by atoms with Gasteiger partial charge in [0, 0.05) is 26.1 Å². The fourth-order valence-corrected chi connectivity index (χ4v) is 2.30. The van der Waals surface area contributed by atoms with E-state index in [2.05, 4.69) is 15.2 Å². The molecular formula is C13H17N3O3. The Balaban J connectivity index is 1.97. The smallest absolute Gasteiger partial charge is 0.354 e. The lowest BCUT2D eigenvalue weighted by Crippen LogP contribution is -2.39. The Morgan fingerprint density at radius 2 is 2.05 bits per heavy atom. The summed E-state index contributed by atoms with van der Waals surface area (Å²) in [7, 11) is 1.66. The summed E-state index contributed by atoms with van der Waals surface area (Å²) >= 11 is 0. The number of aromatic nitrogens is 1. The molecule has 0 bridgehead atoms. The Morgan fingerprint density at radius 3 is 2.53 bits per heavy atom. The third-order valence-electron chi connectivity index (χ3n) is 3.44. The molecule has 1 aromatic heterocycles. The normalized spacial score (nSPS) is 16.2. The number of carbonyl (C=O) groups is 2. The van der Waals surface area contributed by atoms with Crippen LogP contribution in [0.4, 0.5) is 5.69 Å². The fraction of sp³-hybridized carbons (Fsp3) is 0.462. The Hall–Kier alpha value is -2.11. The number of hydrogen-bond donors (Lipinski definition) is 2. The highest BCUT2D eigenvalue weighted by Gasteiger charge is 2.24. The van der Waals surface area contributed by atoms with Gasteiger partial charge in [-0.2, -0.15) is 0 Å². The Bertz CT molecular complexity index is 465. The first-order valence-corrected chi connectivity index (χ1v) is 6.27. The van der Waals surface area contributed by atoms with Gasteiger partial charge in [0.25, 0.3) is 0 Å². The highest BCUT2D eigenvalue weighted by Crippen LogP contribution is 2.22. The fourth-order valence-electron chi connectivity index (χ4n) is 2.30. The van der Waals surface area contributed by atoms with Crippen LogP contribution >= 0.6 is 0 Å². The molecule has 2 heterocycles. The van der Waals surface area contributed by atoms with Crippen LogP contribution in [-0.4, -0.2) is 42.1 Å². The monoisotopic (exact) mass is 263 g/mol. The molecule has 2 N–H and O–H groups in total. The van der Waals surface area contributed by atoms with Gasteiger partial charge in [0.15, 0.2) is 0 Å². The van der Waals surface area contributed by atoms with E-state index in [0.717, 1.165) is 31.6 Å². The van der Waals surface area contributed by atoms with Gasteiger partial charge in [-0.3, -0.25) is 4.79 Å². The van der Waals surface area contributed by atoms with Gasteiger partial charge in [0.05, 0.1) is 11.9 Å². The molecule has 0 atom stereocenters. The standard InChI is InChI=1S/C13H17N3O3/c1-14-12(17)9-4-6-16(7-5-9)10-2-3-11(13(18)19)15-8-10/h2-3,8-9H,4-7H2,1H3,(H,14,17)(H,18,19). The second-order valence-electron chi connectivity index (χ2n) is 4.58. The molecule has 102 valence electrons. The van der Waals surface area contributed by atoms with Crippen molar-refractivity contribution in [3.8, 4) is 0 Å². The molecule has 6 heteroatoms. The maximum absolute atomic E-state index is 11.5. The van der Waals surface area contributed by atoms with Crippen molar-refractivity contribution in [2.75, 3.05) is 25.0 Å². The molecule has 0 unspecified atom stereocenters. The van der Waals surface area contributed by atoms with E-state index in [-0.39, 0.29) is 17.5 Å². The molecule has 1 aliphatic heterocycles. The number of carbonyl (C=O) groups excluding carboxylic acids is 1. The molecule has 1 fully saturated rings. The molecule has 19 heavy (non-hydrogen) atoms. The number of anilines is 1. The van der Waals surface area contributed by atoms with Crippen LogP contribution in [-0.2, 0) is 4.79 Å². The second kappa shape index (κ2) is 5.69. The van der Waals surface area contributed by atoms with Crippen LogP contribution in [0, 0.1) is 5.92 Å². The Morgan fingerprint density at radius 1 is 1.37 bits per heavy atom. The summed E-state index contributed by atoms with van der Waals surface area (Å²) in [6.45, 7) is 1.57. The average Bonchev–Trinajstić information content (AvgIpc) is 2.46. The summed E-state index contributed by atoms with van der Waals surface area (Å²) < 4.78 is 0. The van der Waals surface area contributed by atoms with Gasteiger partial charge in [-0.15, -0.1) is 0 Å². The van der Waals surface area contributed by atoms with Crippen LogP contribution in [0.3, 0.4) is 0 Å². The second-order valence-corrected chi connectivity index (χ2v) is 4.58. The molecule has 6 nitrogen and oxygen atoms in total. The van der Waals surface area contributed by atoms with Gasteiger partial charge in [-0.05, 0) is 25.0 Å². The number of rotatable bonds is 3. The lowest BCUT2D eigenvalue weighted by Gasteiger charge is -2.32. The number of pyridine rings is 1. The minimum atomic E-state index is -1.02. The van der Waals surface area contributed by atoms with Crippen molar-refractivity contribution in [2.45, 2.75) is 12.8 Å². The van der Waals surface area contributed by atoms with Gasteiger partial charge in [0.2, 0.25) is 5.91 Å². The molecule has 1 amide bonds. The first-order chi connectivity index (χ1) is 9.11. The number of carboxylic acids is 1. The summed E-state index contributed by atoms with van der Waals surface area (Å²) in [6, 6.07) is 3.26. The number of amides is 1. The molecule has 1 saturated heterocycles. The predicted molar refractivity (Wildman–Crippen MR) is 70.2 cm³/mol. The zero-order valence-electron chi connectivity index (χ0n) is 10.8. The average molecular weight is 263 g/mol. The SMILES string of the molecule is CNC(=O)C1CCN(c2ccc(C(=O)O)nc2)CC1. The van der Waals surface area contributed by atoms with Crippen molar-refractivity contribution in [2.24, 2.45) is 5.92 Å².